The summed E-state index contributed by atoms with van der Waals surface area (Å²) in [5, 5.41) is 8.72. The number of aromatic nitrogens is 2. The van der Waals surface area contributed by atoms with E-state index >= 15 is 0 Å². The van der Waals surface area contributed by atoms with Crippen LogP contribution in [0.15, 0.2) is 42.5 Å². The lowest BCUT2D eigenvalue weighted by Crippen LogP contribution is -2.19. The van der Waals surface area contributed by atoms with Crippen molar-refractivity contribution in [2.24, 2.45) is 5.92 Å². The van der Waals surface area contributed by atoms with E-state index in [9.17, 15) is 4.79 Å². The molecule has 144 valence electrons. The Morgan fingerprint density at radius 1 is 1.18 bits per heavy atom. The molecule has 1 atom stereocenters. The number of ketones is 1. The van der Waals surface area contributed by atoms with Crippen molar-refractivity contribution in [2.45, 2.75) is 26.7 Å². The van der Waals surface area contributed by atoms with E-state index in [1.54, 1.807) is 7.11 Å². The molecule has 0 radical (unpaired) electrons. The van der Waals surface area contributed by atoms with Crippen LogP contribution in [0.3, 0.4) is 0 Å². The highest BCUT2D eigenvalue weighted by Crippen LogP contribution is 2.34. The van der Waals surface area contributed by atoms with Crippen LogP contribution in [-0.4, -0.2) is 22.7 Å². The van der Waals surface area contributed by atoms with Crippen LogP contribution in [0.1, 0.15) is 35.0 Å². The van der Waals surface area contributed by atoms with Gasteiger partial charge in [-0.1, -0.05) is 24.6 Å². The lowest BCUT2D eigenvalue weighted by Gasteiger charge is -2.19. The zero-order chi connectivity index (χ0) is 19.8. The van der Waals surface area contributed by atoms with Crippen LogP contribution in [0.5, 0.6) is 5.75 Å². The summed E-state index contributed by atoms with van der Waals surface area (Å²) in [5.41, 5.74) is 4.32. The lowest BCUT2D eigenvalue weighted by molar-refractivity contribution is 0.0953. The average Bonchev–Trinajstić information content (AvgIpc) is 3.03. The molecule has 0 saturated heterocycles. The monoisotopic (exact) mass is 395 g/mol. The van der Waals surface area contributed by atoms with Gasteiger partial charge in [-0.15, -0.1) is 5.10 Å². The molecule has 2 aromatic carbocycles. The predicted molar refractivity (Wildman–Crippen MR) is 111 cm³/mol. The fourth-order valence-corrected chi connectivity index (χ4v) is 3.77. The Bertz CT molecular complexity index is 1040. The Balaban J connectivity index is 1.80. The molecule has 1 heterocycles. The summed E-state index contributed by atoms with van der Waals surface area (Å²) >= 11 is 6.26. The molecule has 5 nitrogen and oxygen atoms in total. The molecule has 3 aromatic rings. The summed E-state index contributed by atoms with van der Waals surface area (Å²) in [6.07, 6.45) is 1.33. The van der Waals surface area contributed by atoms with Gasteiger partial charge in [0, 0.05) is 17.1 Å². The number of nitrogens with zero attached hydrogens (tertiary/aromatic N) is 2. The van der Waals surface area contributed by atoms with Gasteiger partial charge in [0.05, 0.1) is 24.1 Å². The molecule has 0 bridgehead atoms. The number of anilines is 2. The average molecular weight is 396 g/mol. The number of halogens is 1. The van der Waals surface area contributed by atoms with Gasteiger partial charge in [-0.05, 0) is 61.2 Å². The quantitative estimate of drug-likeness (QED) is 0.646. The van der Waals surface area contributed by atoms with Crippen molar-refractivity contribution in [3.8, 4) is 11.4 Å². The van der Waals surface area contributed by atoms with E-state index in [0.717, 1.165) is 34.8 Å². The van der Waals surface area contributed by atoms with E-state index in [1.807, 2.05) is 54.1 Å². The third kappa shape index (κ3) is 3.38. The number of aryl methyl sites for hydroxylation is 1. The number of nitrogens with one attached hydrogen (secondary N) is 1. The highest BCUT2D eigenvalue weighted by Gasteiger charge is 2.31. The van der Waals surface area contributed by atoms with Crippen molar-refractivity contribution < 1.29 is 9.53 Å². The number of rotatable bonds is 4. The summed E-state index contributed by atoms with van der Waals surface area (Å²) in [6.45, 7) is 4.05. The Morgan fingerprint density at radius 2 is 1.93 bits per heavy atom. The molecule has 0 saturated carbocycles. The molecule has 0 amide bonds. The third-order valence-electron chi connectivity index (χ3n) is 5.09. The molecule has 0 spiro atoms. The number of benzene rings is 2. The van der Waals surface area contributed by atoms with Crippen LogP contribution in [0.2, 0.25) is 5.02 Å². The molecule has 4 rings (SSSR count). The highest BCUT2D eigenvalue weighted by atomic mass is 35.5. The number of carbonyl (C=O) groups is 1. The van der Waals surface area contributed by atoms with E-state index in [4.69, 9.17) is 21.4 Å². The molecule has 0 unspecified atom stereocenters. The third-order valence-corrected chi connectivity index (χ3v) is 5.49. The molecule has 1 aliphatic carbocycles. The maximum absolute atomic E-state index is 12.8. The first-order valence-electron chi connectivity index (χ1n) is 9.29. The Labute approximate surface area is 169 Å². The summed E-state index contributed by atoms with van der Waals surface area (Å²) < 4.78 is 7.11. The van der Waals surface area contributed by atoms with Crippen molar-refractivity contribution in [1.29, 1.82) is 0 Å². The number of carbonyl (C=O) groups excluding carboxylic acids is 1. The van der Waals surface area contributed by atoms with Crippen LogP contribution in [0.4, 0.5) is 11.5 Å². The topological polar surface area (TPSA) is 56.1 Å². The molecule has 1 aliphatic rings. The number of hydrogen-bond acceptors (Lipinski definition) is 4. The summed E-state index contributed by atoms with van der Waals surface area (Å²) in [4.78, 5) is 12.8. The highest BCUT2D eigenvalue weighted by molar-refractivity contribution is 6.31. The van der Waals surface area contributed by atoms with Gasteiger partial charge in [0.25, 0.3) is 0 Å². The minimum Gasteiger partial charge on any atom is -0.497 e. The largest absolute Gasteiger partial charge is 0.497 e. The van der Waals surface area contributed by atoms with Gasteiger partial charge >= 0.3 is 0 Å². The van der Waals surface area contributed by atoms with E-state index < -0.39 is 0 Å². The summed E-state index contributed by atoms with van der Waals surface area (Å²) in [6, 6.07) is 13.4. The fraction of sp³-hybridized carbons (Fsp3) is 0.273. The molecule has 0 fully saturated rings. The second kappa shape index (κ2) is 7.32. The van der Waals surface area contributed by atoms with Gasteiger partial charge in [-0.3, -0.25) is 4.79 Å². The maximum atomic E-state index is 12.8. The van der Waals surface area contributed by atoms with Crippen LogP contribution in [0.25, 0.3) is 5.69 Å². The van der Waals surface area contributed by atoms with Gasteiger partial charge in [0.1, 0.15) is 5.75 Å². The van der Waals surface area contributed by atoms with Gasteiger partial charge in [-0.2, -0.15) is 0 Å². The van der Waals surface area contributed by atoms with Crippen molar-refractivity contribution in [1.82, 2.24) is 9.78 Å². The van der Waals surface area contributed by atoms with Crippen molar-refractivity contribution >= 4 is 28.9 Å². The summed E-state index contributed by atoms with van der Waals surface area (Å²) in [7, 11) is 1.64. The zero-order valence-corrected chi connectivity index (χ0v) is 16.9. The van der Waals surface area contributed by atoms with Gasteiger partial charge in [0.15, 0.2) is 11.6 Å². The second-order valence-electron chi connectivity index (χ2n) is 7.31. The SMILES string of the molecule is COc1ccc(-n2nc(Nc3ccc(C)c(Cl)c3)c3c2C[C@@H](C)CC3=O)cc1. The molecule has 1 aromatic heterocycles. The number of fused-ring (bicyclic) bond motifs is 1. The Kier molecular flexibility index (Phi) is 4.85. The van der Waals surface area contributed by atoms with E-state index in [0.29, 0.717) is 22.8 Å². The standard InChI is InChI=1S/C22H22ClN3O2/c1-13-10-19-21(20(27)11-13)22(24-15-5-4-14(2)18(23)12-15)25-26(19)16-6-8-17(28-3)9-7-16/h4-9,12-13H,10-11H2,1-3H3,(H,24,25)/t13-/m1/s1. The first kappa shape index (κ1) is 18.6. The van der Waals surface area contributed by atoms with Gasteiger partial charge in [-0.25, -0.2) is 4.68 Å². The fourth-order valence-electron chi connectivity index (χ4n) is 3.59. The molecule has 6 heteroatoms. The number of hydrogen-bond donors (Lipinski definition) is 1. The molecule has 1 N–H and O–H groups in total. The first-order valence-corrected chi connectivity index (χ1v) is 9.66. The van der Waals surface area contributed by atoms with Crippen molar-refractivity contribution in [3.05, 3.63) is 64.3 Å². The lowest BCUT2D eigenvalue weighted by atomic mass is 9.87. The van der Waals surface area contributed by atoms with Crippen LogP contribution >= 0.6 is 11.6 Å². The Morgan fingerprint density at radius 3 is 2.61 bits per heavy atom. The molecule has 0 aliphatic heterocycles. The number of Topliss-reactive ketones (excluding diaryl/α,β-unsaturated/α-hetero) is 1. The second-order valence-corrected chi connectivity index (χ2v) is 7.71. The van der Waals surface area contributed by atoms with E-state index in [2.05, 4.69) is 12.2 Å². The Hall–Kier alpha value is -2.79. The zero-order valence-electron chi connectivity index (χ0n) is 16.1. The van der Waals surface area contributed by atoms with Gasteiger partial charge < -0.3 is 10.1 Å². The van der Waals surface area contributed by atoms with E-state index in [1.165, 1.54) is 0 Å². The molecular weight excluding hydrogens is 374 g/mol. The van der Waals surface area contributed by atoms with Gasteiger partial charge in [0.2, 0.25) is 0 Å². The molecule has 28 heavy (non-hydrogen) atoms. The number of methoxy groups -OCH3 is 1. The van der Waals surface area contributed by atoms with Crippen LogP contribution < -0.4 is 10.1 Å². The van der Waals surface area contributed by atoms with Crippen LogP contribution in [0, 0.1) is 12.8 Å². The summed E-state index contributed by atoms with van der Waals surface area (Å²) in [5.74, 6) is 1.76. The van der Waals surface area contributed by atoms with Crippen molar-refractivity contribution in [3.63, 3.8) is 0 Å². The number of ether oxygens (including phenoxy) is 1. The van der Waals surface area contributed by atoms with Crippen LogP contribution in [-0.2, 0) is 6.42 Å². The van der Waals surface area contributed by atoms with E-state index in [-0.39, 0.29) is 11.7 Å². The first-order chi connectivity index (χ1) is 13.5. The molecular formula is C22H22ClN3O2. The smallest absolute Gasteiger partial charge is 0.168 e. The minimum absolute atomic E-state index is 0.120. The normalized spacial score (nSPS) is 16.0. The minimum atomic E-state index is 0.120. The van der Waals surface area contributed by atoms with Crippen molar-refractivity contribution in [2.75, 3.05) is 12.4 Å². The maximum Gasteiger partial charge on any atom is 0.168 e. The predicted octanol–water partition coefficient (Wildman–Crippen LogP) is 5.35.